The second-order valence-corrected chi connectivity index (χ2v) is 8.87. The summed E-state index contributed by atoms with van der Waals surface area (Å²) in [6.45, 7) is 0.961. The van der Waals surface area contributed by atoms with Gasteiger partial charge in [-0.25, -0.2) is 0 Å². The number of unbranched alkanes of at least 4 members (excludes halogenated alkanes) is 1. The van der Waals surface area contributed by atoms with E-state index in [2.05, 4.69) is 30.3 Å². The molecular formula is C24H33NO2S. The molecule has 0 aromatic heterocycles. The van der Waals surface area contributed by atoms with Gasteiger partial charge in [0.2, 0.25) is 0 Å². The van der Waals surface area contributed by atoms with Crippen molar-refractivity contribution in [3.8, 4) is 5.75 Å². The van der Waals surface area contributed by atoms with Crippen LogP contribution in [0.25, 0.3) is 0 Å². The molecule has 0 saturated heterocycles. The molecule has 0 heterocycles. The standard InChI is InChI=1S/C24H33NO2S/c1-27-23-9-11-24(12-10-23)28-17-18-5-6-20-15-21(8-7-19(20)14-18)22(16-25)4-2-3-13-26/h7-12,15,18,22,26H,2-6,13-14,16-17,25H2,1H3/t18-,22+/m1/s1. The lowest BCUT2D eigenvalue weighted by Crippen LogP contribution is -2.18. The zero-order valence-electron chi connectivity index (χ0n) is 16.9. The number of thioether (sulfide) groups is 1. The number of hydrogen-bond donors (Lipinski definition) is 2. The van der Waals surface area contributed by atoms with Gasteiger partial charge in [0.05, 0.1) is 7.11 Å². The Hall–Kier alpha value is -1.49. The first-order valence-corrected chi connectivity index (χ1v) is 11.4. The Kier molecular flexibility index (Phi) is 8.26. The summed E-state index contributed by atoms with van der Waals surface area (Å²) in [6, 6.07) is 15.4. The molecule has 0 spiro atoms. The second kappa shape index (κ2) is 10.9. The molecule has 3 N–H and O–H groups in total. The molecule has 0 fully saturated rings. The minimum Gasteiger partial charge on any atom is -0.497 e. The SMILES string of the molecule is COc1ccc(SC[C@@H]2CCc3cc([C@H](CN)CCCCO)ccc3C2)cc1. The Balaban J connectivity index is 1.55. The van der Waals surface area contributed by atoms with Crippen LogP contribution in [0.3, 0.4) is 0 Å². The second-order valence-electron chi connectivity index (χ2n) is 7.78. The van der Waals surface area contributed by atoms with Gasteiger partial charge in [-0.3, -0.25) is 0 Å². The van der Waals surface area contributed by atoms with Crippen molar-refractivity contribution < 1.29 is 9.84 Å². The molecule has 0 amide bonds. The summed E-state index contributed by atoms with van der Waals surface area (Å²) in [5.74, 6) is 3.24. The van der Waals surface area contributed by atoms with E-state index in [1.165, 1.54) is 46.6 Å². The highest BCUT2D eigenvalue weighted by Gasteiger charge is 2.20. The molecule has 28 heavy (non-hydrogen) atoms. The molecule has 0 bridgehead atoms. The topological polar surface area (TPSA) is 55.5 Å². The number of hydrogen-bond acceptors (Lipinski definition) is 4. The molecule has 152 valence electrons. The first-order chi connectivity index (χ1) is 13.7. The summed E-state index contributed by atoms with van der Waals surface area (Å²) in [5.41, 5.74) is 10.4. The normalized spacial score (nSPS) is 17.2. The maximum atomic E-state index is 9.01. The predicted molar refractivity (Wildman–Crippen MR) is 118 cm³/mol. The number of fused-ring (bicyclic) bond motifs is 1. The minimum atomic E-state index is 0.275. The monoisotopic (exact) mass is 399 g/mol. The zero-order valence-corrected chi connectivity index (χ0v) is 17.7. The maximum absolute atomic E-state index is 9.01. The van der Waals surface area contributed by atoms with Crippen molar-refractivity contribution in [1.29, 1.82) is 0 Å². The van der Waals surface area contributed by atoms with Crippen molar-refractivity contribution in [2.45, 2.75) is 49.3 Å². The Bertz CT molecular complexity index is 732. The van der Waals surface area contributed by atoms with E-state index in [1.54, 1.807) is 7.11 Å². The Morgan fingerprint density at radius 2 is 1.96 bits per heavy atom. The van der Waals surface area contributed by atoms with Crippen LogP contribution in [0.1, 0.15) is 48.3 Å². The van der Waals surface area contributed by atoms with Gasteiger partial charge in [-0.05, 0) is 91.4 Å². The van der Waals surface area contributed by atoms with Gasteiger partial charge in [-0.1, -0.05) is 24.6 Å². The summed E-state index contributed by atoms with van der Waals surface area (Å²) in [6.07, 6.45) is 6.59. The van der Waals surface area contributed by atoms with Crippen molar-refractivity contribution in [3.63, 3.8) is 0 Å². The van der Waals surface area contributed by atoms with Crippen LogP contribution >= 0.6 is 11.8 Å². The van der Waals surface area contributed by atoms with Crippen molar-refractivity contribution in [2.75, 3.05) is 26.0 Å². The van der Waals surface area contributed by atoms with Gasteiger partial charge < -0.3 is 15.6 Å². The third-order valence-electron chi connectivity index (χ3n) is 5.82. The third kappa shape index (κ3) is 5.76. The van der Waals surface area contributed by atoms with Gasteiger partial charge in [0.25, 0.3) is 0 Å². The molecule has 0 aliphatic heterocycles. The Morgan fingerprint density at radius 3 is 2.68 bits per heavy atom. The average molecular weight is 400 g/mol. The first-order valence-electron chi connectivity index (χ1n) is 10.4. The van der Waals surface area contributed by atoms with Crippen molar-refractivity contribution >= 4 is 11.8 Å². The largest absolute Gasteiger partial charge is 0.497 e. The molecule has 1 aliphatic rings. The number of benzene rings is 2. The highest BCUT2D eigenvalue weighted by atomic mass is 32.2. The minimum absolute atomic E-state index is 0.275. The van der Waals surface area contributed by atoms with Gasteiger partial charge in [0, 0.05) is 17.3 Å². The maximum Gasteiger partial charge on any atom is 0.118 e. The number of ether oxygens (including phenoxy) is 1. The van der Waals surface area contributed by atoms with Gasteiger partial charge in [0.15, 0.2) is 0 Å². The van der Waals surface area contributed by atoms with Crippen molar-refractivity contribution in [1.82, 2.24) is 0 Å². The lowest BCUT2D eigenvalue weighted by Gasteiger charge is -2.26. The summed E-state index contributed by atoms with van der Waals surface area (Å²) in [4.78, 5) is 1.32. The highest BCUT2D eigenvalue weighted by Crippen LogP contribution is 2.33. The molecule has 1 aliphatic carbocycles. The zero-order chi connectivity index (χ0) is 19.8. The van der Waals surface area contributed by atoms with Crippen LogP contribution in [0.2, 0.25) is 0 Å². The Labute approximate surface area is 173 Å². The van der Waals surface area contributed by atoms with E-state index in [0.29, 0.717) is 12.5 Å². The van der Waals surface area contributed by atoms with E-state index < -0.39 is 0 Å². The highest BCUT2D eigenvalue weighted by molar-refractivity contribution is 7.99. The van der Waals surface area contributed by atoms with Crippen LogP contribution in [0.4, 0.5) is 0 Å². The molecule has 3 nitrogen and oxygen atoms in total. The van der Waals surface area contributed by atoms with E-state index in [4.69, 9.17) is 15.6 Å². The van der Waals surface area contributed by atoms with Crippen LogP contribution in [-0.2, 0) is 12.8 Å². The van der Waals surface area contributed by atoms with Gasteiger partial charge in [-0.2, -0.15) is 0 Å². The molecule has 2 aromatic rings. The van der Waals surface area contributed by atoms with E-state index in [1.807, 2.05) is 23.9 Å². The quantitative estimate of drug-likeness (QED) is 0.445. The van der Waals surface area contributed by atoms with Crippen LogP contribution < -0.4 is 10.5 Å². The number of methoxy groups -OCH3 is 1. The van der Waals surface area contributed by atoms with E-state index in [0.717, 1.165) is 30.9 Å². The van der Waals surface area contributed by atoms with E-state index in [9.17, 15) is 0 Å². The van der Waals surface area contributed by atoms with E-state index >= 15 is 0 Å². The number of aryl methyl sites for hydroxylation is 1. The fourth-order valence-corrected chi connectivity index (χ4v) is 5.10. The summed E-state index contributed by atoms with van der Waals surface area (Å²) in [5, 5.41) is 9.01. The van der Waals surface area contributed by atoms with Gasteiger partial charge in [0.1, 0.15) is 5.75 Å². The Morgan fingerprint density at radius 1 is 1.14 bits per heavy atom. The first kappa shape index (κ1) is 21.2. The number of aliphatic hydroxyl groups excluding tert-OH is 1. The molecule has 2 atom stereocenters. The van der Waals surface area contributed by atoms with Crippen LogP contribution in [0.5, 0.6) is 5.75 Å². The fraction of sp³-hybridized carbons (Fsp3) is 0.500. The number of nitrogens with two attached hydrogens (primary N) is 1. The van der Waals surface area contributed by atoms with Crippen LogP contribution in [0.15, 0.2) is 47.4 Å². The molecule has 0 unspecified atom stereocenters. The van der Waals surface area contributed by atoms with Gasteiger partial charge in [-0.15, -0.1) is 11.8 Å². The number of rotatable bonds is 10. The molecule has 4 heteroatoms. The molecule has 0 saturated carbocycles. The summed E-state index contributed by atoms with van der Waals surface area (Å²) in [7, 11) is 1.71. The molecule has 2 aromatic carbocycles. The molecule has 3 rings (SSSR count). The molecular weight excluding hydrogens is 366 g/mol. The average Bonchev–Trinajstić information content (AvgIpc) is 2.75. The van der Waals surface area contributed by atoms with Crippen LogP contribution in [-0.4, -0.2) is 31.1 Å². The fourth-order valence-electron chi connectivity index (χ4n) is 4.06. The smallest absolute Gasteiger partial charge is 0.118 e. The van der Waals surface area contributed by atoms with E-state index in [-0.39, 0.29) is 6.61 Å². The summed E-state index contributed by atoms with van der Waals surface area (Å²) < 4.78 is 5.24. The number of aliphatic hydroxyl groups is 1. The predicted octanol–water partition coefficient (Wildman–Crippen LogP) is 4.80. The lowest BCUT2D eigenvalue weighted by atomic mass is 9.82. The third-order valence-corrected chi connectivity index (χ3v) is 7.07. The lowest BCUT2D eigenvalue weighted by molar-refractivity contribution is 0.281. The van der Waals surface area contributed by atoms with Crippen molar-refractivity contribution in [3.05, 3.63) is 59.2 Å². The summed E-state index contributed by atoms with van der Waals surface area (Å²) >= 11 is 1.95. The van der Waals surface area contributed by atoms with Gasteiger partial charge >= 0.3 is 0 Å². The van der Waals surface area contributed by atoms with Crippen LogP contribution in [0, 0.1) is 5.92 Å². The van der Waals surface area contributed by atoms with Crippen molar-refractivity contribution in [2.24, 2.45) is 11.7 Å². The molecule has 0 radical (unpaired) electrons.